The molecule has 114 valence electrons. The van der Waals surface area contributed by atoms with E-state index in [4.69, 9.17) is 0 Å². The molecule has 1 aromatic heterocycles. The van der Waals surface area contributed by atoms with Crippen LogP contribution >= 0.6 is 0 Å². The number of aromatic nitrogens is 2. The number of aromatic amines is 1. The van der Waals surface area contributed by atoms with Gasteiger partial charge in [-0.1, -0.05) is 26.8 Å². The number of nitrogens with zero attached hydrogens (tertiary/aromatic N) is 1. The number of fused-ring (bicyclic) bond motifs is 1. The molecular formula is C16H24N4O. The van der Waals surface area contributed by atoms with Gasteiger partial charge >= 0.3 is 6.03 Å². The molecule has 1 aromatic carbocycles. The molecule has 0 spiro atoms. The van der Waals surface area contributed by atoms with Crippen molar-refractivity contribution in [2.75, 3.05) is 13.1 Å². The zero-order valence-corrected chi connectivity index (χ0v) is 13.0. The van der Waals surface area contributed by atoms with Crippen molar-refractivity contribution in [2.45, 2.75) is 39.5 Å². The second-order valence-electron chi connectivity index (χ2n) is 5.56. The van der Waals surface area contributed by atoms with Gasteiger partial charge in [-0.3, -0.25) is 0 Å². The molecule has 0 unspecified atom stereocenters. The zero-order valence-electron chi connectivity index (χ0n) is 13.0. The van der Waals surface area contributed by atoms with E-state index < -0.39 is 0 Å². The second kappa shape index (κ2) is 7.11. The standard InChI is InChI=1S/C16H24N4O/c1-4-8-17-16(21)18-9-7-12-5-6-13-14(10-12)20-15(19-13)11(2)3/h5-6,10-11H,4,7-9H2,1-3H3,(H,19,20)(H2,17,18,21). The number of rotatable bonds is 6. The minimum Gasteiger partial charge on any atom is -0.342 e. The van der Waals surface area contributed by atoms with Gasteiger partial charge in [-0.15, -0.1) is 0 Å². The third-order valence-electron chi connectivity index (χ3n) is 3.35. The van der Waals surface area contributed by atoms with Gasteiger partial charge in [0.05, 0.1) is 11.0 Å². The fraction of sp³-hybridized carbons (Fsp3) is 0.500. The van der Waals surface area contributed by atoms with E-state index in [1.165, 1.54) is 5.56 Å². The van der Waals surface area contributed by atoms with Crippen LogP contribution in [0.3, 0.4) is 0 Å². The average molecular weight is 288 g/mol. The van der Waals surface area contributed by atoms with Crippen LogP contribution in [0.25, 0.3) is 11.0 Å². The van der Waals surface area contributed by atoms with Crippen LogP contribution in [0.15, 0.2) is 18.2 Å². The first kappa shape index (κ1) is 15.4. The molecule has 2 aromatic rings. The van der Waals surface area contributed by atoms with Gasteiger partial charge in [-0.2, -0.15) is 0 Å². The first-order chi connectivity index (χ1) is 10.1. The number of amides is 2. The van der Waals surface area contributed by atoms with Gasteiger partial charge in [0, 0.05) is 19.0 Å². The van der Waals surface area contributed by atoms with Gasteiger partial charge in [-0.05, 0) is 30.5 Å². The lowest BCUT2D eigenvalue weighted by molar-refractivity contribution is 0.241. The summed E-state index contributed by atoms with van der Waals surface area (Å²) in [5.74, 6) is 1.41. The predicted molar refractivity (Wildman–Crippen MR) is 85.6 cm³/mol. The fourth-order valence-electron chi connectivity index (χ4n) is 2.13. The summed E-state index contributed by atoms with van der Waals surface area (Å²) in [6, 6.07) is 6.12. The first-order valence-electron chi connectivity index (χ1n) is 7.60. The molecule has 0 saturated heterocycles. The van der Waals surface area contributed by atoms with Crippen molar-refractivity contribution >= 4 is 17.1 Å². The normalized spacial score (nSPS) is 11.0. The van der Waals surface area contributed by atoms with E-state index in [-0.39, 0.29) is 6.03 Å². The predicted octanol–water partition coefficient (Wildman–Crippen LogP) is 2.94. The van der Waals surface area contributed by atoms with Crippen LogP contribution in [0.5, 0.6) is 0 Å². The highest BCUT2D eigenvalue weighted by Crippen LogP contribution is 2.18. The van der Waals surface area contributed by atoms with Crippen LogP contribution in [-0.2, 0) is 6.42 Å². The van der Waals surface area contributed by atoms with Crippen LogP contribution in [0.1, 0.15) is 44.5 Å². The number of H-pyrrole nitrogens is 1. The van der Waals surface area contributed by atoms with Crippen molar-refractivity contribution in [2.24, 2.45) is 0 Å². The van der Waals surface area contributed by atoms with Crippen LogP contribution in [-0.4, -0.2) is 29.1 Å². The molecule has 0 saturated carbocycles. The van der Waals surface area contributed by atoms with E-state index in [2.05, 4.69) is 46.6 Å². The molecule has 0 radical (unpaired) electrons. The third-order valence-corrected chi connectivity index (χ3v) is 3.35. The van der Waals surface area contributed by atoms with Crippen molar-refractivity contribution in [1.82, 2.24) is 20.6 Å². The summed E-state index contributed by atoms with van der Waals surface area (Å²) in [4.78, 5) is 19.4. The lowest BCUT2D eigenvalue weighted by Crippen LogP contribution is -2.36. The van der Waals surface area contributed by atoms with Crippen molar-refractivity contribution in [3.63, 3.8) is 0 Å². The lowest BCUT2D eigenvalue weighted by atomic mass is 10.1. The Hall–Kier alpha value is -2.04. The Morgan fingerprint density at radius 2 is 2.05 bits per heavy atom. The van der Waals surface area contributed by atoms with Gasteiger partial charge in [0.2, 0.25) is 0 Å². The van der Waals surface area contributed by atoms with Gasteiger partial charge < -0.3 is 15.6 Å². The maximum Gasteiger partial charge on any atom is 0.314 e. The molecule has 0 aliphatic carbocycles. The zero-order chi connectivity index (χ0) is 15.2. The average Bonchev–Trinajstić information content (AvgIpc) is 2.88. The topological polar surface area (TPSA) is 69.8 Å². The maximum absolute atomic E-state index is 11.4. The Balaban J connectivity index is 1.92. The Morgan fingerprint density at radius 3 is 2.76 bits per heavy atom. The number of carbonyl (C=O) groups is 1. The van der Waals surface area contributed by atoms with E-state index in [1.54, 1.807) is 0 Å². The number of carbonyl (C=O) groups excluding carboxylic acids is 1. The molecule has 0 fully saturated rings. The van der Waals surface area contributed by atoms with Crippen molar-refractivity contribution in [3.05, 3.63) is 29.6 Å². The molecule has 5 nitrogen and oxygen atoms in total. The molecule has 3 N–H and O–H groups in total. The molecule has 2 rings (SSSR count). The molecular weight excluding hydrogens is 264 g/mol. The maximum atomic E-state index is 11.4. The molecule has 5 heteroatoms. The van der Waals surface area contributed by atoms with Crippen molar-refractivity contribution in [3.8, 4) is 0 Å². The Bertz CT molecular complexity index is 603. The van der Waals surface area contributed by atoms with E-state index in [9.17, 15) is 4.79 Å². The summed E-state index contributed by atoms with van der Waals surface area (Å²) in [6.07, 6.45) is 1.76. The lowest BCUT2D eigenvalue weighted by Gasteiger charge is -2.06. The highest BCUT2D eigenvalue weighted by atomic mass is 16.2. The molecule has 2 amide bonds. The number of hydrogen-bond acceptors (Lipinski definition) is 2. The van der Waals surface area contributed by atoms with Crippen molar-refractivity contribution in [1.29, 1.82) is 0 Å². The first-order valence-corrected chi connectivity index (χ1v) is 7.60. The minimum absolute atomic E-state index is 0.0958. The number of benzene rings is 1. The third kappa shape index (κ3) is 4.21. The van der Waals surface area contributed by atoms with E-state index in [1.807, 2.05) is 13.0 Å². The quantitative estimate of drug-likeness (QED) is 0.765. The summed E-state index contributed by atoms with van der Waals surface area (Å²) < 4.78 is 0. The summed E-state index contributed by atoms with van der Waals surface area (Å²) in [5.41, 5.74) is 3.25. The van der Waals surface area contributed by atoms with Crippen LogP contribution in [0.4, 0.5) is 4.79 Å². The molecule has 0 bridgehead atoms. The Morgan fingerprint density at radius 1 is 1.29 bits per heavy atom. The number of nitrogens with one attached hydrogen (secondary N) is 3. The largest absolute Gasteiger partial charge is 0.342 e. The minimum atomic E-state index is -0.0958. The summed E-state index contributed by atoms with van der Waals surface area (Å²) in [6.45, 7) is 7.62. The SMILES string of the molecule is CCCNC(=O)NCCc1ccc2nc(C(C)C)[nH]c2c1. The molecule has 0 aliphatic rings. The Labute approximate surface area is 125 Å². The van der Waals surface area contributed by atoms with Crippen LogP contribution < -0.4 is 10.6 Å². The summed E-state index contributed by atoms with van der Waals surface area (Å²) >= 11 is 0. The van der Waals surface area contributed by atoms with Gasteiger partial charge in [0.15, 0.2) is 0 Å². The second-order valence-corrected chi connectivity index (χ2v) is 5.56. The number of urea groups is 1. The molecule has 0 atom stereocenters. The molecule has 21 heavy (non-hydrogen) atoms. The highest BCUT2D eigenvalue weighted by Gasteiger charge is 2.07. The number of imidazole rings is 1. The fourth-order valence-corrected chi connectivity index (χ4v) is 2.13. The van der Waals surface area contributed by atoms with E-state index >= 15 is 0 Å². The highest BCUT2D eigenvalue weighted by molar-refractivity contribution is 5.76. The number of hydrogen-bond donors (Lipinski definition) is 3. The molecule has 1 heterocycles. The summed E-state index contributed by atoms with van der Waals surface area (Å²) in [5, 5.41) is 5.66. The van der Waals surface area contributed by atoms with Gasteiger partial charge in [-0.25, -0.2) is 9.78 Å². The van der Waals surface area contributed by atoms with E-state index in [0.29, 0.717) is 19.0 Å². The van der Waals surface area contributed by atoms with E-state index in [0.717, 1.165) is 29.7 Å². The van der Waals surface area contributed by atoms with Crippen LogP contribution in [0, 0.1) is 0 Å². The van der Waals surface area contributed by atoms with Crippen LogP contribution in [0.2, 0.25) is 0 Å². The summed E-state index contributed by atoms with van der Waals surface area (Å²) in [7, 11) is 0. The smallest absolute Gasteiger partial charge is 0.314 e. The van der Waals surface area contributed by atoms with Gasteiger partial charge in [0.25, 0.3) is 0 Å². The monoisotopic (exact) mass is 288 g/mol. The van der Waals surface area contributed by atoms with Crippen molar-refractivity contribution < 1.29 is 4.79 Å². The Kier molecular flexibility index (Phi) is 5.20. The molecule has 0 aliphatic heterocycles. The van der Waals surface area contributed by atoms with Gasteiger partial charge in [0.1, 0.15) is 5.82 Å².